The lowest BCUT2D eigenvalue weighted by Crippen LogP contribution is -2.44. The second kappa shape index (κ2) is 5.31. The molecule has 102 valence electrons. The van der Waals surface area contributed by atoms with Gasteiger partial charge < -0.3 is 10.4 Å². The van der Waals surface area contributed by atoms with Crippen LogP contribution in [0.4, 0.5) is 0 Å². The topological polar surface area (TPSA) is 52.6 Å². The predicted molar refractivity (Wildman–Crippen MR) is 72.3 cm³/mol. The van der Waals surface area contributed by atoms with Crippen LogP contribution in [0, 0.1) is 5.92 Å². The number of piperidine rings is 1. The average molecular weight is 260 g/mol. The van der Waals surface area contributed by atoms with Crippen LogP contribution in [0.1, 0.15) is 24.0 Å². The van der Waals surface area contributed by atoms with Gasteiger partial charge >= 0.3 is 0 Å². The highest BCUT2D eigenvalue weighted by Gasteiger charge is 2.40. The summed E-state index contributed by atoms with van der Waals surface area (Å²) in [5.74, 6) is 0.413. The SMILES string of the molecule is O=C1NC[C@@H]2[C@H]1CCCN2Cc1ccc(CO)cc1. The summed E-state index contributed by atoms with van der Waals surface area (Å²) in [6.07, 6.45) is 2.12. The smallest absolute Gasteiger partial charge is 0.224 e. The summed E-state index contributed by atoms with van der Waals surface area (Å²) >= 11 is 0. The first-order chi connectivity index (χ1) is 9.28. The van der Waals surface area contributed by atoms with Crippen molar-refractivity contribution in [2.75, 3.05) is 13.1 Å². The number of hydrogen-bond donors (Lipinski definition) is 2. The Morgan fingerprint density at radius 3 is 2.74 bits per heavy atom. The number of carbonyl (C=O) groups is 1. The van der Waals surface area contributed by atoms with E-state index in [0.29, 0.717) is 6.04 Å². The van der Waals surface area contributed by atoms with E-state index in [9.17, 15) is 4.79 Å². The number of fused-ring (bicyclic) bond motifs is 1. The Bertz CT molecular complexity index is 458. The van der Waals surface area contributed by atoms with Gasteiger partial charge in [0.05, 0.1) is 12.5 Å². The highest BCUT2D eigenvalue weighted by Crippen LogP contribution is 2.28. The molecule has 0 bridgehead atoms. The maximum Gasteiger partial charge on any atom is 0.224 e. The first kappa shape index (κ1) is 12.6. The lowest BCUT2D eigenvalue weighted by Gasteiger charge is -2.35. The molecule has 2 heterocycles. The van der Waals surface area contributed by atoms with Crippen molar-refractivity contribution in [1.82, 2.24) is 10.2 Å². The summed E-state index contributed by atoms with van der Waals surface area (Å²) in [5, 5.41) is 12.0. The van der Waals surface area contributed by atoms with Gasteiger partial charge in [0.15, 0.2) is 0 Å². The molecule has 0 spiro atoms. The Morgan fingerprint density at radius 1 is 1.26 bits per heavy atom. The number of amides is 1. The van der Waals surface area contributed by atoms with Crippen LogP contribution in [0.5, 0.6) is 0 Å². The van der Waals surface area contributed by atoms with Crippen LogP contribution < -0.4 is 5.32 Å². The van der Waals surface area contributed by atoms with Crippen LogP contribution >= 0.6 is 0 Å². The van der Waals surface area contributed by atoms with Crippen molar-refractivity contribution in [2.24, 2.45) is 5.92 Å². The fourth-order valence-corrected chi connectivity index (χ4v) is 3.22. The number of benzene rings is 1. The molecule has 0 aliphatic carbocycles. The highest BCUT2D eigenvalue weighted by molar-refractivity contribution is 5.82. The largest absolute Gasteiger partial charge is 0.392 e. The minimum absolute atomic E-state index is 0.0904. The van der Waals surface area contributed by atoms with E-state index in [1.165, 1.54) is 5.56 Å². The predicted octanol–water partition coefficient (Wildman–Crippen LogP) is 0.889. The zero-order valence-electron chi connectivity index (χ0n) is 11.0. The third-order valence-corrected chi connectivity index (χ3v) is 4.31. The van der Waals surface area contributed by atoms with Crippen molar-refractivity contribution in [1.29, 1.82) is 0 Å². The monoisotopic (exact) mass is 260 g/mol. The third-order valence-electron chi connectivity index (χ3n) is 4.31. The molecule has 0 unspecified atom stereocenters. The fourth-order valence-electron chi connectivity index (χ4n) is 3.22. The zero-order valence-corrected chi connectivity index (χ0v) is 11.0. The molecule has 0 saturated carbocycles. The molecule has 4 nitrogen and oxygen atoms in total. The summed E-state index contributed by atoms with van der Waals surface area (Å²) in [5.41, 5.74) is 2.19. The number of rotatable bonds is 3. The number of nitrogens with zero attached hydrogens (tertiary/aromatic N) is 1. The summed E-state index contributed by atoms with van der Waals surface area (Å²) < 4.78 is 0. The normalized spacial score (nSPS) is 27.1. The molecule has 19 heavy (non-hydrogen) atoms. The molecule has 0 radical (unpaired) electrons. The summed E-state index contributed by atoms with van der Waals surface area (Å²) in [7, 11) is 0. The van der Waals surface area contributed by atoms with Gasteiger partial charge in [-0.05, 0) is 30.5 Å². The van der Waals surface area contributed by atoms with E-state index >= 15 is 0 Å². The van der Waals surface area contributed by atoms with Gasteiger partial charge in [0.2, 0.25) is 5.91 Å². The van der Waals surface area contributed by atoms with Crippen LogP contribution in [-0.2, 0) is 17.9 Å². The zero-order chi connectivity index (χ0) is 13.2. The Morgan fingerprint density at radius 2 is 2.00 bits per heavy atom. The Hall–Kier alpha value is -1.39. The summed E-state index contributed by atoms with van der Waals surface area (Å²) in [6.45, 7) is 2.84. The molecule has 2 fully saturated rings. The van der Waals surface area contributed by atoms with E-state index in [4.69, 9.17) is 5.11 Å². The van der Waals surface area contributed by atoms with E-state index < -0.39 is 0 Å². The summed E-state index contributed by atoms with van der Waals surface area (Å²) in [6, 6.07) is 8.43. The molecule has 2 atom stereocenters. The quantitative estimate of drug-likeness (QED) is 0.848. The van der Waals surface area contributed by atoms with Crippen LogP contribution in [0.25, 0.3) is 0 Å². The van der Waals surface area contributed by atoms with Gasteiger partial charge in [0.1, 0.15) is 0 Å². The molecule has 4 heteroatoms. The molecule has 1 aromatic rings. The molecule has 3 rings (SSSR count). The van der Waals surface area contributed by atoms with E-state index in [1.54, 1.807) is 0 Å². The molecule has 0 aromatic heterocycles. The summed E-state index contributed by atoms with van der Waals surface area (Å²) in [4.78, 5) is 14.1. The van der Waals surface area contributed by atoms with Crippen LogP contribution in [-0.4, -0.2) is 35.0 Å². The van der Waals surface area contributed by atoms with Gasteiger partial charge in [-0.15, -0.1) is 0 Å². The molecule has 2 saturated heterocycles. The van der Waals surface area contributed by atoms with Gasteiger partial charge in [-0.3, -0.25) is 9.69 Å². The molecule has 2 aliphatic heterocycles. The lowest BCUT2D eigenvalue weighted by molar-refractivity contribution is -0.124. The van der Waals surface area contributed by atoms with E-state index in [2.05, 4.69) is 22.3 Å². The van der Waals surface area contributed by atoms with Crippen molar-refractivity contribution in [3.8, 4) is 0 Å². The first-order valence-corrected chi connectivity index (χ1v) is 6.98. The van der Waals surface area contributed by atoms with Gasteiger partial charge in [-0.2, -0.15) is 0 Å². The minimum atomic E-state index is 0.0904. The molecule has 2 aliphatic rings. The third kappa shape index (κ3) is 2.51. The van der Waals surface area contributed by atoms with Crippen molar-refractivity contribution < 1.29 is 9.90 Å². The van der Waals surface area contributed by atoms with Crippen molar-refractivity contribution >= 4 is 5.91 Å². The number of nitrogens with one attached hydrogen (secondary N) is 1. The first-order valence-electron chi connectivity index (χ1n) is 6.98. The number of aliphatic hydroxyl groups excluding tert-OH is 1. The maximum absolute atomic E-state index is 11.7. The Kier molecular flexibility index (Phi) is 3.53. The van der Waals surface area contributed by atoms with E-state index in [1.807, 2.05) is 12.1 Å². The van der Waals surface area contributed by atoms with E-state index in [-0.39, 0.29) is 18.4 Å². The van der Waals surface area contributed by atoms with Gasteiger partial charge in [0.25, 0.3) is 0 Å². The molecular weight excluding hydrogens is 240 g/mol. The molecule has 2 N–H and O–H groups in total. The molecule has 1 amide bonds. The van der Waals surface area contributed by atoms with Gasteiger partial charge in [-0.25, -0.2) is 0 Å². The maximum atomic E-state index is 11.7. The van der Waals surface area contributed by atoms with Crippen LogP contribution in [0.15, 0.2) is 24.3 Å². The standard InChI is InChI=1S/C15H20N2O2/c18-10-12-5-3-11(4-6-12)9-17-7-1-2-13-14(17)8-16-15(13)19/h3-6,13-14,18H,1-2,7-10H2,(H,16,19)/t13-,14-/m1/s1. The van der Waals surface area contributed by atoms with Crippen LogP contribution in [0.3, 0.4) is 0 Å². The second-order valence-corrected chi connectivity index (χ2v) is 5.51. The van der Waals surface area contributed by atoms with Crippen molar-refractivity contribution in [3.05, 3.63) is 35.4 Å². The highest BCUT2D eigenvalue weighted by atomic mass is 16.3. The Balaban J connectivity index is 1.69. The number of likely N-dealkylation sites (tertiary alicyclic amines) is 1. The van der Waals surface area contributed by atoms with Gasteiger partial charge in [0, 0.05) is 19.1 Å². The second-order valence-electron chi connectivity index (χ2n) is 5.51. The molecular formula is C15H20N2O2. The number of hydrogen-bond acceptors (Lipinski definition) is 3. The molecule has 1 aromatic carbocycles. The number of carbonyl (C=O) groups excluding carboxylic acids is 1. The fraction of sp³-hybridized carbons (Fsp3) is 0.533. The number of aliphatic hydroxyl groups is 1. The lowest BCUT2D eigenvalue weighted by atomic mass is 9.91. The van der Waals surface area contributed by atoms with Gasteiger partial charge in [-0.1, -0.05) is 24.3 Å². The Labute approximate surface area is 113 Å². The minimum Gasteiger partial charge on any atom is -0.392 e. The van der Waals surface area contributed by atoms with Crippen molar-refractivity contribution in [2.45, 2.75) is 32.0 Å². The average Bonchev–Trinajstić information content (AvgIpc) is 2.83. The van der Waals surface area contributed by atoms with E-state index in [0.717, 1.165) is 38.0 Å². The van der Waals surface area contributed by atoms with Crippen LogP contribution in [0.2, 0.25) is 0 Å². The van der Waals surface area contributed by atoms with Crippen molar-refractivity contribution in [3.63, 3.8) is 0 Å².